The number of likely N-dealkylation sites (N-methyl/N-ethyl adjacent to an activating group) is 1. The minimum atomic E-state index is -0.798. The normalized spacial score (nSPS) is 17.8. The zero-order valence-corrected chi connectivity index (χ0v) is 12.7. The van der Waals surface area contributed by atoms with Crippen LogP contribution < -0.4 is 15.4 Å². The maximum Gasteiger partial charge on any atom is 0.323 e. The molecule has 8 heteroatoms. The second-order valence-corrected chi connectivity index (χ2v) is 5.64. The van der Waals surface area contributed by atoms with E-state index < -0.39 is 5.60 Å². The number of nitrogens with two attached hydrogens (primary N) is 1. The molecule has 118 valence electrons. The number of anilines is 2. The second kappa shape index (κ2) is 6.40. The van der Waals surface area contributed by atoms with Crippen LogP contribution in [0.1, 0.15) is 26.7 Å². The van der Waals surface area contributed by atoms with E-state index in [1.165, 1.54) is 0 Å². The summed E-state index contributed by atoms with van der Waals surface area (Å²) in [6.45, 7) is 5.29. The molecule has 1 fully saturated rings. The molecule has 0 atom stereocenters. The van der Waals surface area contributed by atoms with Gasteiger partial charge < -0.3 is 25.2 Å². The number of aromatic nitrogens is 3. The zero-order chi connectivity index (χ0) is 15.5. The van der Waals surface area contributed by atoms with Crippen molar-refractivity contribution < 1.29 is 14.6 Å². The fraction of sp³-hybridized carbons (Fsp3) is 0.769. The molecule has 1 aliphatic heterocycles. The smallest absolute Gasteiger partial charge is 0.323 e. The molecule has 3 N–H and O–H groups in total. The molecule has 0 amide bonds. The number of nitrogens with zero attached hydrogens (tertiary/aromatic N) is 4. The molecule has 0 spiro atoms. The molecule has 0 saturated carbocycles. The number of hydrogen-bond donors (Lipinski definition) is 2. The topological polar surface area (TPSA) is 107 Å². The van der Waals surface area contributed by atoms with Crippen molar-refractivity contribution in [3.8, 4) is 6.01 Å². The van der Waals surface area contributed by atoms with Crippen molar-refractivity contribution in [1.82, 2.24) is 15.0 Å². The van der Waals surface area contributed by atoms with Crippen LogP contribution in [0.4, 0.5) is 11.9 Å². The van der Waals surface area contributed by atoms with Crippen LogP contribution >= 0.6 is 0 Å². The monoisotopic (exact) mass is 297 g/mol. The molecule has 21 heavy (non-hydrogen) atoms. The van der Waals surface area contributed by atoms with Crippen LogP contribution in [-0.2, 0) is 4.74 Å². The molecule has 0 unspecified atom stereocenters. The van der Waals surface area contributed by atoms with E-state index in [1.807, 2.05) is 13.8 Å². The minimum Gasteiger partial charge on any atom is -0.461 e. The van der Waals surface area contributed by atoms with E-state index in [9.17, 15) is 5.11 Å². The molecule has 0 radical (unpaired) electrons. The Morgan fingerprint density at radius 2 is 2.00 bits per heavy atom. The third kappa shape index (κ3) is 4.40. The number of nitrogen functional groups attached to an aromatic ring is 1. The Morgan fingerprint density at radius 1 is 1.33 bits per heavy atom. The van der Waals surface area contributed by atoms with Gasteiger partial charge in [-0.05, 0) is 13.8 Å². The van der Waals surface area contributed by atoms with Gasteiger partial charge in [0.2, 0.25) is 11.9 Å². The van der Waals surface area contributed by atoms with Gasteiger partial charge in [0.05, 0.1) is 11.7 Å². The van der Waals surface area contributed by atoms with Crippen LogP contribution in [0.2, 0.25) is 0 Å². The predicted octanol–water partition coefficient (Wildman–Crippen LogP) is 0.219. The van der Waals surface area contributed by atoms with Gasteiger partial charge in [0.15, 0.2) is 0 Å². The van der Waals surface area contributed by atoms with Gasteiger partial charge in [-0.25, -0.2) is 0 Å². The Bertz CT molecular complexity index is 477. The lowest BCUT2D eigenvalue weighted by atomic mass is 9.94. The van der Waals surface area contributed by atoms with E-state index in [2.05, 4.69) is 15.0 Å². The number of rotatable bonds is 5. The maximum absolute atomic E-state index is 10.5. The van der Waals surface area contributed by atoms with Gasteiger partial charge in [-0.2, -0.15) is 15.0 Å². The third-order valence-electron chi connectivity index (χ3n) is 3.26. The van der Waals surface area contributed by atoms with E-state index >= 15 is 0 Å². The second-order valence-electron chi connectivity index (χ2n) is 5.64. The van der Waals surface area contributed by atoms with Gasteiger partial charge in [-0.1, -0.05) is 0 Å². The average molecular weight is 297 g/mol. The number of ether oxygens (including phenoxy) is 2. The lowest BCUT2D eigenvalue weighted by molar-refractivity contribution is -0.0574. The highest BCUT2D eigenvalue weighted by Gasteiger charge is 2.32. The molecule has 1 aliphatic rings. The first kappa shape index (κ1) is 15.7. The van der Waals surface area contributed by atoms with Crippen molar-refractivity contribution >= 4 is 11.9 Å². The molecular formula is C13H23N5O3. The fourth-order valence-electron chi connectivity index (χ4n) is 2.22. The summed E-state index contributed by atoms with van der Waals surface area (Å²) < 4.78 is 10.7. The van der Waals surface area contributed by atoms with Gasteiger partial charge in [0.25, 0.3) is 0 Å². The summed E-state index contributed by atoms with van der Waals surface area (Å²) in [5, 5.41) is 10.5. The summed E-state index contributed by atoms with van der Waals surface area (Å²) in [4.78, 5) is 14.0. The van der Waals surface area contributed by atoms with Crippen LogP contribution in [-0.4, -0.2) is 58.6 Å². The molecule has 1 saturated heterocycles. The first-order valence-corrected chi connectivity index (χ1v) is 7.07. The van der Waals surface area contributed by atoms with Gasteiger partial charge in [-0.15, -0.1) is 0 Å². The molecule has 8 nitrogen and oxygen atoms in total. The Balaban J connectivity index is 2.10. The van der Waals surface area contributed by atoms with Gasteiger partial charge in [0, 0.05) is 39.6 Å². The number of hydrogen-bond acceptors (Lipinski definition) is 8. The van der Waals surface area contributed by atoms with Crippen molar-refractivity contribution in [3.05, 3.63) is 0 Å². The molecule has 2 heterocycles. The SMILES string of the molecule is CC(C)Oc1nc(N)nc(N(C)CC2(O)CCOCC2)n1. The Kier molecular flexibility index (Phi) is 4.79. The van der Waals surface area contributed by atoms with E-state index in [4.69, 9.17) is 15.2 Å². The van der Waals surface area contributed by atoms with Crippen LogP contribution in [0.3, 0.4) is 0 Å². The van der Waals surface area contributed by atoms with Crippen LogP contribution in [0.5, 0.6) is 6.01 Å². The van der Waals surface area contributed by atoms with Crippen molar-refractivity contribution in [2.75, 3.05) is 37.4 Å². The lowest BCUT2D eigenvalue weighted by Crippen LogP contribution is -2.46. The quantitative estimate of drug-likeness (QED) is 0.795. The highest BCUT2D eigenvalue weighted by Crippen LogP contribution is 2.23. The first-order valence-electron chi connectivity index (χ1n) is 7.07. The summed E-state index contributed by atoms with van der Waals surface area (Å²) in [5.74, 6) is 0.486. The van der Waals surface area contributed by atoms with Crippen molar-refractivity contribution in [3.63, 3.8) is 0 Å². The largest absolute Gasteiger partial charge is 0.461 e. The van der Waals surface area contributed by atoms with E-state index in [0.717, 1.165) is 0 Å². The molecule has 1 aromatic rings. The van der Waals surface area contributed by atoms with Gasteiger partial charge in [-0.3, -0.25) is 0 Å². The lowest BCUT2D eigenvalue weighted by Gasteiger charge is -2.35. The molecular weight excluding hydrogens is 274 g/mol. The summed E-state index contributed by atoms with van der Waals surface area (Å²) in [7, 11) is 1.81. The summed E-state index contributed by atoms with van der Waals surface area (Å²) in [5.41, 5.74) is 4.89. The van der Waals surface area contributed by atoms with Crippen molar-refractivity contribution in [1.29, 1.82) is 0 Å². The summed E-state index contributed by atoms with van der Waals surface area (Å²) >= 11 is 0. The first-order chi connectivity index (χ1) is 9.88. The fourth-order valence-corrected chi connectivity index (χ4v) is 2.22. The minimum absolute atomic E-state index is 0.0513. The van der Waals surface area contributed by atoms with Crippen molar-refractivity contribution in [2.45, 2.75) is 38.4 Å². The Hall–Kier alpha value is -1.67. The van der Waals surface area contributed by atoms with E-state index in [0.29, 0.717) is 38.5 Å². The molecule has 0 aromatic carbocycles. The van der Waals surface area contributed by atoms with Crippen LogP contribution in [0, 0.1) is 0 Å². The molecule has 0 bridgehead atoms. The van der Waals surface area contributed by atoms with E-state index in [1.54, 1.807) is 11.9 Å². The highest BCUT2D eigenvalue weighted by molar-refractivity contribution is 5.35. The summed E-state index contributed by atoms with van der Waals surface area (Å²) in [6.07, 6.45) is 1.13. The van der Waals surface area contributed by atoms with Gasteiger partial charge in [0.1, 0.15) is 0 Å². The highest BCUT2D eigenvalue weighted by atomic mass is 16.5. The summed E-state index contributed by atoms with van der Waals surface area (Å²) in [6, 6.07) is 0.193. The Morgan fingerprint density at radius 3 is 2.62 bits per heavy atom. The molecule has 1 aromatic heterocycles. The van der Waals surface area contributed by atoms with Crippen molar-refractivity contribution in [2.24, 2.45) is 0 Å². The zero-order valence-electron chi connectivity index (χ0n) is 12.7. The number of aliphatic hydroxyl groups is 1. The molecule has 2 rings (SSSR count). The standard InChI is InChI=1S/C13H23N5O3/c1-9(2)21-12-16-10(14)15-11(17-12)18(3)8-13(19)4-6-20-7-5-13/h9,19H,4-8H2,1-3H3,(H2,14,15,16,17). The Labute approximate surface area is 124 Å². The van der Waals surface area contributed by atoms with Gasteiger partial charge >= 0.3 is 6.01 Å². The average Bonchev–Trinajstić information content (AvgIpc) is 2.37. The maximum atomic E-state index is 10.5. The van der Waals surface area contributed by atoms with E-state index in [-0.39, 0.29) is 18.1 Å². The van der Waals surface area contributed by atoms with Crippen LogP contribution in [0.25, 0.3) is 0 Å². The third-order valence-corrected chi connectivity index (χ3v) is 3.26. The van der Waals surface area contributed by atoms with Crippen LogP contribution in [0.15, 0.2) is 0 Å². The molecule has 0 aliphatic carbocycles. The predicted molar refractivity (Wildman–Crippen MR) is 78.3 cm³/mol.